The molecule has 0 saturated heterocycles. The van der Waals surface area contributed by atoms with Gasteiger partial charge in [0.15, 0.2) is 0 Å². The van der Waals surface area contributed by atoms with Gasteiger partial charge in [-0.25, -0.2) is 4.98 Å². The fraction of sp³-hybridized carbons (Fsp3) is 0.167. The molecule has 3 nitrogen and oxygen atoms in total. The molecule has 3 aromatic rings. The lowest BCUT2D eigenvalue weighted by Crippen LogP contribution is -2.01. The molecule has 1 heterocycles. The molecule has 3 heteroatoms. The molecule has 0 amide bonds. The summed E-state index contributed by atoms with van der Waals surface area (Å²) in [5.74, 6) is 0.564. The summed E-state index contributed by atoms with van der Waals surface area (Å²) in [4.78, 5) is 7.51. The van der Waals surface area contributed by atoms with Crippen molar-refractivity contribution in [3.8, 4) is 11.3 Å². The molecule has 1 aromatic heterocycles. The maximum Gasteiger partial charge on any atom is 0.140 e. The lowest BCUT2D eigenvalue weighted by Gasteiger charge is -2.08. The topological polar surface area (TPSA) is 48.9 Å². The second-order valence-electron chi connectivity index (χ2n) is 5.36. The van der Waals surface area contributed by atoms with E-state index in [2.05, 4.69) is 29.0 Å². The molecule has 1 unspecified atom stereocenters. The molecule has 0 bridgehead atoms. The van der Waals surface area contributed by atoms with E-state index in [1.807, 2.05) is 43.3 Å². The van der Waals surface area contributed by atoms with Crippen molar-refractivity contribution in [2.24, 2.45) is 0 Å². The summed E-state index contributed by atoms with van der Waals surface area (Å²) >= 11 is 0. The van der Waals surface area contributed by atoms with E-state index >= 15 is 0 Å². The predicted octanol–water partition coefficient (Wildman–Crippen LogP) is 3.78. The number of H-pyrrole nitrogens is 1. The zero-order valence-corrected chi connectivity index (χ0v) is 12.2. The van der Waals surface area contributed by atoms with E-state index in [1.165, 1.54) is 11.1 Å². The van der Waals surface area contributed by atoms with Gasteiger partial charge >= 0.3 is 0 Å². The van der Waals surface area contributed by atoms with Crippen LogP contribution in [0, 0.1) is 13.8 Å². The molecule has 0 aliphatic carbocycles. The first-order chi connectivity index (χ1) is 10.1. The molecule has 2 aromatic carbocycles. The van der Waals surface area contributed by atoms with Gasteiger partial charge in [0.2, 0.25) is 0 Å². The van der Waals surface area contributed by atoms with Crippen LogP contribution in [-0.4, -0.2) is 15.1 Å². The van der Waals surface area contributed by atoms with Gasteiger partial charge in [-0.15, -0.1) is 0 Å². The number of aromatic nitrogens is 2. The van der Waals surface area contributed by atoms with E-state index in [0.29, 0.717) is 5.82 Å². The summed E-state index contributed by atoms with van der Waals surface area (Å²) in [6, 6.07) is 16.0. The minimum atomic E-state index is -0.732. The van der Waals surface area contributed by atoms with Crippen LogP contribution in [0.2, 0.25) is 0 Å². The molecular weight excluding hydrogens is 260 g/mol. The van der Waals surface area contributed by atoms with Gasteiger partial charge in [0.1, 0.15) is 11.9 Å². The Labute approximate surface area is 124 Å². The Morgan fingerprint density at radius 2 is 1.48 bits per heavy atom. The van der Waals surface area contributed by atoms with Gasteiger partial charge in [-0.3, -0.25) is 0 Å². The van der Waals surface area contributed by atoms with Crippen LogP contribution in [0.5, 0.6) is 0 Å². The molecule has 0 radical (unpaired) electrons. The minimum absolute atomic E-state index is 0.564. The molecule has 0 aliphatic heterocycles. The van der Waals surface area contributed by atoms with Gasteiger partial charge in [0, 0.05) is 0 Å². The molecule has 21 heavy (non-hydrogen) atoms. The van der Waals surface area contributed by atoms with E-state index in [-0.39, 0.29) is 0 Å². The smallest absolute Gasteiger partial charge is 0.140 e. The Balaban J connectivity index is 1.87. The fourth-order valence-electron chi connectivity index (χ4n) is 2.26. The Morgan fingerprint density at radius 3 is 2.10 bits per heavy atom. The van der Waals surface area contributed by atoms with Crippen molar-refractivity contribution < 1.29 is 5.11 Å². The van der Waals surface area contributed by atoms with Crippen molar-refractivity contribution in [2.75, 3.05) is 0 Å². The highest BCUT2D eigenvalue weighted by Crippen LogP contribution is 2.23. The van der Waals surface area contributed by atoms with Crippen LogP contribution in [0.15, 0.2) is 54.7 Å². The van der Waals surface area contributed by atoms with Crippen LogP contribution in [-0.2, 0) is 0 Å². The van der Waals surface area contributed by atoms with Crippen LogP contribution in [0.4, 0.5) is 0 Å². The standard InChI is InChI=1S/C18H18N2O/c1-12-3-7-14(8-4-12)16-11-19-18(20-16)17(21)15-9-5-13(2)6-10-15/h3-11,17,21H,1-2H3,(H,19,20). The third-order valence-corrected chi connectivity index (χ3v) is 3.61. The van der Waals surface area contributed by atoms with Crippen molar-refractivity contribution in [1.29, 1.82) is 0 Å². The lowest BCUT2D eigenvalue weighted by atomic mass is 10.1. The minimum Gasteiger partial charge on any atom is -0.380 e. The molecule has 2 N–H and O–H groups in total. The van der Waals surface area contributed by atoms with Gasteiger partial charge in [-0.1, -0.05) is 59.7 Å². The highest BCUT2D eigenvalue weighted by Gasteiger charge is 2.14. The first-order valence-corrected chi connectivity index (χ1v) is 7.00. The number of rotatable bonds is 3. The van der Waals surface area contributed by atoms with E-state index in [1.54, 1.807) is 6.20 Å². The molecule has 0 saturated carbocycles. The van der Waals surface area contributed by atoms with Crippen molar-refractivity contribution in [2.45, 2.75) is 20.0 Å². The number of aliphatic hydroxyl groups excluding tert-OH is 1. The van der Waals surface area contributed by atoms with Crippen molar-refractivity contribution >= 4 is 0 Å². The number of aromatic amines is 1. The van der Waals surface area contributed by atoms with Crippen molar-refractivity contribution in [1.82, 2.24) is 9.97 Å². The second-order valence-corrected chi connectivity index (χ2v) is 5.36. The van der Waals surface area contributed by atoms with E-state index in [0.717, 1.165) is 16.8 Å². The summed E-state index contributed by atoms with van der Waals surface area (Å²) in [5.41, 5.74) is 5.21. The summed E-state index contributed by atoms with van der Waals surface area (Å²) in [6.45, 7) is 4.09. The zero-order valence-electron chi connectivity index (χ0n) is 12.2. The second kappa shape index (κ2) is 5.54. The average Bonchev–Trinajstić information content (AvgIpc) is 2.98. The monoisotopic (exact) mass is 278 g/mol. The maximum atomic E-state index is 10.4. The van der Waals surface area contributed by atoms with Crippen LogP contribution >= 0.6 is 0 Å². The highest BCUT2D eigenvalue weighted by atomic mass is 16.3. The summed E-state index contributed by atoms with van der Waals surface area (Å²) in [5, 5.41) is 10.4. The van der Waals surface area contributed by atoms with Gasteiger partial charge in [0.05, 0.1) is 11.9 Å². The number of nitrogens with one attached hydrogen (secondary N) is 1. The number of hydrogen-bond donors (Lipinski definition) is 2. The molecule has 0 fully saturated rings. The predicted molar refractivity (Wildman–Crippen MR) is 84.0 cm³/mol. The average molecular weight is 278 g/mol. The number of aliphatic hydroxyl groups is 1. The number of hydrogen-bond acceptors (Lipinski definition) is 2. The maximum absolute atomic E-state index is 10.4. The first-order valence-electron chi connectivity index (χ1n) is 7.00. The van der Waals surface area contributed by atoms with Gasteiger partial charge in [0.25, 0.3) is 0 Å². The normalized spacial score (nSPS) is 12.3. The van der Waals surface area contributed by atoms with E-state index in [4.69, 9.17) is 0 Å². The first kappa shape index (κ1) is 13.6. The fourth-order valence-corrected chi connectivity index (χ4v) is 2.26. The molecule has 0 spiro atoms. The van der Waals surface area contributed by atoms with Gasteiger partial charge < -0.3 is 10.1 Å². The van der Waals surface area contributed by atoms with Gasteiger partial charge in [-0.2, -0.15) is 0 Å². The molecule has 106 valence electrons. The summed E-state index contributed by atoms with van der Waals surface area (Å²) in [6.07, 6.45) is 1.03. The molecular formula is C18H18N2O. The van der Waals surface area contributed by atoms with Gasteiger partial charge in [-0.05, 0) is 25.0 Å². The van der Waals surface area contributed by atoms with Crippen LogP contribution in [0.3, 0.4) is 0 Å². The number of aryl methyl sites for hydroxylation is 2. The van der Waals surface area contributed by atoms with Crippen molar-refractivity contribution in [3.63, 3.8) is 0 Å². The van der Waals surface area contributed by atoms with Crippen LogP contribution < -0.4 is 0 Å². The molecule has 0 aliphatic rings. The SMILES string of the molecule is Cc1ccc(-c2cnc(C(O)c3ccc(C)cc3)[nH]2)cc1. The number of imidazole rings is 1. The number of benzene rings is 2. The highest BCUT2D eigenvalue weighted by molar-refractivity contribution is 5.58. The Morgan fingerprint density at radius 1 is 0.905 bits per heavy atom. The summed E-state index contributed by atoms with van der Waals surface area (Å²) < 4.78 is 0. The number of nitrogens with zero attached hydrogens (tertiary/aromatic N) is 1. The van der Waals surface area contributed by atoms with Crippen molar-refractivity contribution in [3.05, 3.63) is 77.2 Å². The van der Waals surface area contributed by atoms with E-state index in [9.17, 15) is 5.11 Å². The zero-order chi connectivity index (χ0) is 14.8. The third kappa shape index (κ3) is 2.88. The lowest BCUT2D eigenvalue weighted by molar-refractivity contribution is 0.211. The van der Waals surface area contributed by atoms with Crippen LogP contribution in [0.1, 0.15) is 28.6 Å². The molecule has 3 rings (SSSR count). The van der Waals surface area contributed by atoms with Crippen LogP contribution in [0.25, 0.3) is 11.3 Å². The Kier molecular flexibility index (Phi) is 3.59. The Bertz CT molecular complexity index is 727. The van der Waals surface area contributed by atoms with E-state index < -0.39 is 6.10 Å². The summed E-state index contributed by atoms with van der Waals surface area (Å²) in [7, 11) is 0. The quantitative estimate of drug-likeness (QED) is 0.766. The largest absolute Gasteiger partial charge is 0.380 e. The molecule has 1 atom stereocenters. The third-order valence-electron chi connectivity index (χ3n) is 3.61. The Hall–Kier alpha value is -2.39.